The third kappa shape index (κ3) is 3.89. The van der Waals surface area contributed by atoms with Crippen molar-refractivity contribution in [2.75, 3.05) is 5.32 Å². The van der Waals surface area contributed by atoms with Crippen molar-refractivity contribution in [2.45, 2.75) is 0 Å². The van der Waals surface area contributed by atoms with E-state index in [0.717, 1.165) is 10.8 Å². The van der Waals surface area contributed by atoms with Crippen molar-refractivity contribution in [3.05, 3.63) is 90.5 Å². The monoisotopic (exact) mass is 384 g/mol. The van der Waals surface area contributed by atoms with Gasteiger partial charge in [0, 0.05) is 35.1 Å². The lowest BCUT2D eigenvalue weighted by molar-refractivity contribution is 0.0997. The quantitative estimate of drug-likeness (QED) is 0.545. The molecule has 0 saturated heterocycles. The van der Waals surface area contributed by atoms with Crippen LogP contribution in [0.3, 0.4) is 0 Å². The first-order valence-electron chi connectivity index (χ1n) is 8.77. The SMILES string of the molecule is NC(=O)c1cncc(Oc2cccc3c(NC(=O)c4cccnc4)cccc23)c1. The molecule has 3 N–H and O–H groups in total. The van der Waals surface area contributed by atoms with Gasteiger partial charge in [-0.1, -0.05) is 24.3 Å². The van der Waals surface area contributed by atoms with E-state index in [9.17, 15) is 9.59 Å². The smallest absolute Gasteiger partial charge is 0.257 e. The van der Waals surface area contributed by atoms with Gasteiger partial charge in [0.1, 0.15) is 11.5 Å². The number of ether oxygens (including phenoxy) is 1. The van der Waals surface area contributed by atoms with E-state index in [4.69, 9.17) is 10.5 Å². The topological polar surface area (TPSA) is 107 Å². The largest absolute Gasteiger partial charge is 0.455 e. The van der Waals surface area contributed by atoms with Crippen LogP contribution in [0.15, 0.2) is 79.4 Å². The molecule has 4 aromatic rings. The van der Waals surface area contributed by atoms with E-state index in [2.05, 4.69) is 15.3 Å². The maximum atomic E-state index is 12.5. The zero-order valence-corrected chi connectivity index (χ0v) is 15.2. The van der Waals surface area contributed by atoms with Crippen LogP contribution in [-0.4, -0.2) is 21.8 Å². The molecule has 29 heavy (non-hydrogen) atoms. The summed E-state index contributed by atoms with van der Waals surface area (Å²) in [5.74, 6) is 0.110. The fraction of sp³-hybridized carbons (Fsp3) is 0. The molecule has 0 saturated carbocycles. The number of hydrogen-bond acceptors (Lipinski definition) is 5. The lowest BCUT2D eigenvalue weighted by atomic mass is 10.1. The molecular formula is C22H16N4O3. The predicted molar refractivity (Wildman–Crippen MR) is 109 cm³/mol. The second kappa shape index (κ2) is 7.77. The zero-order chi connectivity index (χ0) is 20.2. The average molecular weight is 384 g/mol. The number of pyridine rings is 2. The summed E-state index contributed by atoms with van der Waals surface area (Å²) in [6.07, 6.45) is 6.00. The van der Waals surface area contributed by atoms with E-state index in [0.29, 0.717) is 22.7 Å². The standard InChI is InChI=1S/C22H16N4O3/c23-21(27)15-10-16(13-25-12-15)29-20-8-2-5-17-18(20)6-1-7-19(17)26-22(28)14-4-3-9-24-11-14/h1-13H,(H2,23,27)(H,26,28). The molecule has 0 atom stereocenters. The maximum Gasteiger partial charge on any atom is 0.257 e. The summed E-state index contributed by atoms with van der Waals surface area (Å²) >= 11 is 0. The molecule has 0 aliphatic carbocycles. The number of aromatic nitrogens is 2. The van der Waals surface area contributed by atoms with Crippen LogP contribution >= 0.6 is 0 Å². The number of carbonyl (C=O) groups excluding carboxylic acids is 2. The molecule has 7 nitrogen and oxygen atoms in total. The highest BCUT2D eigenvalue weighted by molar-refractivity contribution is 6.09. The van der Waals surface area contributed by atoms with Crippen LogP contribution in [-0.2, 0) is 0 Å². The van der Waals surface area contributed by atoms with E-state index in [1.54, 1.807) is 24.4 Å². The number of nitrogens with zero attached hydrogens (tertiary/aromatic N) is 2. The molecule has 0 aliphatic heterocycles. The Morgan fingerprint density at radius 1 is 0.862 bits per heavy atom. The van der Waals surface area contributed by atoms with Crippen LogP contribution in [0.1, 0.15) is 20.7 Å². The van der Waals surface area contributed by atoms with Gasteiger partial charge in [0.2, 0.25) is 5.91 Å². The van der Waals surface area contributed by atoms with Crippen LogP contribution in [0.4, 0.5) is 5.69 Å². The highest BCUT2D eigenvalue weighted by Crippen LogP contribution is 2.33. The summed E-state index contributed by atoms with van der Waals surface area (Å²) in [5, 5.41) is 4.51. The van der Waals surface area contributed by atoms with Crippen molar-refractivity contribution in [1.29, 1.82) is 0 Å². The normalized spacial score (nSPS) is 10.5. The van der Waals surface area contributed by atoms with E-state index >= 15 is 0 Å². The van der Waals surface area contributed by atoms with Crippen molar-refractivity contribution in [3.63, 3.8) is 0 Å². The van der Waals surface area contributed by atoms with Gasteiger partial charge in [0.25, 0.3) is 5.91 Å². The number of hydrogen-bond donors (Lipinski definition) is 2. The first-order chi connectivity index (χ1) is 14.1. The maximum absolute atomic E-state index is 12.5. The van der Waals surface area contributed by atoms with Crippen molar-refractivity contribution in [2.24, 2.45) is 5.73 Å². The predicted octanol–water partition coefficient (Wildman–Crippen LogP) is 3.77. The Labute approximate surface area is 166 Å². The first kappa shape index (κ1) is 18.1. The number of nitrogens with two attached hydrogens (primary N) is 1. The van der Waals surface area contributed by atoms with E-state index in [-0.39, 0.29) is 11.5 Å². The van der Waals surface area contributed by atoms with Gasteiger partial charge in [-0.2, -0.15) is 0 Å². The fourth-order valence-corrected chi connectivity index (χ4v) is 2.91. The molecule has 0 spiro atoms. The first-order valence-corrected chi connectivity index (χ1v) is 8.77. The number of rotatable bonds is 5. The van der Waals surface area contributed by atoms with Crippen LogP contribution < -0.4 is 15.8 Å². The third-order valence-electron chi connectivity index (χ3n) is 4.28. The van der Waals surface area contributed by atoms with Gasteiger partial charge in [0.15, 0.2) is 0 Å². The van der Waals surface area contributed by atoms with Crippen LogP contribution in [0.25, 0.3) is 10.8 Å². The minimum atomic E-state index is -0.582. The number of benzene rings is 2. The van der Waals surface area contributed by atoms with Gasteiger partial charge < -0.3 is 15.8 Å². The highest BCUT2D eigenvalue weighted by Gasteiger charge is 2.11. The molecule has 2 aromatic heterocycles. The number of nitrogens with one attached hydrogen (secondary N) is 1. The summed E-state index contributed by atoms with van der Waals surface area (Å²) in [4.78, 5) is 31.8. The molecule has 7 heteroatoms. The fourth-order valence-electron chi connectivity index (χ4n) is 2.91. The Morgan fingerprint density at radius 2 is 1.66 bits per heavy atom. The summed E-state index contributed by atoms with van der Waals surface area (Å²) in [6.45, 7) is 0. The number of carbonyl (C=O) groups is 2. The van der Waals surface area contributed by atoms with Gasteiger partial charge in [-0.15, -0.1) is 0 Å². The van der Waals surface area contributed by atoms with Gasteiger partial charge >= 0.3 is 0 Å². The summed E-state index contributed by atoms with van der Waals surface area (Å²) < 4.78 is 5.93. The Balaban J connectivity index is 1.67. The molecule has 142 valence electrons. The van der Waals surface area contributed by atoms with Gasteiger partial charge in [-0.05, 0) is 30.3 Å². The molecule has 0 unspecified atom stereocenters. The van der Waals surface area contributed by atoms with E-state index < -0.39 is 5.91 Å². The molecular weight excluding hydrogens is 368 g/mol. The lowest BCUT2D eigenvalue weighted by Gasteiger charge is -2.12. The molecule has 2 aromatic carbocycles. The third-order valence-corrected chi connectivity index (χ3v) is 4.28. The molecule has 2 amide bonds. The number of fused-ring (bicyclic) bond motifs is 1. The Bertz CT molecular complexity index is 1210. The van der Waals surface area contributed by atoms with Crippen LogP contribution in [0.2, 0.25) is 0 Å². The minimum Gasteiger partial charge on any atom is -0.455 e. The lowest BCUT2D eigenvalue weighted by Crippen LogP contribution is -2.12. The molecule has 2 heterocycles. The van der Waals surface area contributed by atoms with Gasteiger partial charge in [-0.25, -0.2) is 0 Å². The molecule has 0 radical (unpaired) electrons. The highest BCUT2D eigenvalue weighted by atomic mass is 16.5. The second-order valence-corrected chi connectivity index (χ2v) is 6.23. The molecule has 4 rings (SSSR count). The van der Waals surface area contributed by atoms with Crippen molar-refractivity contribution >= 4 is 28.3 Å². The minimum absolute atomic E-state index is 0.254. The van der Waals surface area contributed by atoms with Gasteiger partial charge in [-0.3, -0.25) is 19.6 Å². The summed E-state index contributed by atoms with van der Waals surface area (Å²) in [5.41, 5.74) is 6.67. The Kier molecular flexibility index (Phi) is 4.86. The Morgan fingerprint density at radius 3 is 2.45 bits per heavy atom. The van der Waals surface area contributed by atoms with Crippen LogP contribution in [0, 0.1) is 0 Å². The summed E-state index contributed by atoms with van der Waals surface area (Å²) in [6, 6.07) is 16.0. The number of primary amides is 1. The number of amides is 2. The number of anilines is 1. The Hall–Kier alpha value is -4.26. The van der Waals surface area contributed by atoms with E-state index in [1.165, 1.54) is 24.7 Å². The average Bonchev–Trinajstić information content (AvgIpc) is 2.75. The molecule has 0 fully saturated rings. The van der Waals surface area contributed by atoms with E-state index in [1.807, 2.05) is 30.3 Å². The van der Waals surface area contributed by atoms with Crippen molar-refractivity contribution in [1.82, 2.24) is 9.97 Å². The second-order valence-electron chi connectivity index (χ2n) is 6.23. The van der Waals surface area contributed by atoms with Gasteiger partial charge in [0.05, 0.1) is 17.3 Å². The van der Waals surface area contributed by atoms with Crippen molar-refractivity contribution in [3.8, 4) is 11.5 Å². The van der Waals surface area contributed by atoms with Crippen molar-refractivity contribution < 1.29 is 14.3 Å². The molecule has 0 aliphatic rings. The zero-order valence-electron chi connectivity index (χ0n) is 15.2. The summed E-state index contributed by atoms with van der Waals surface area (Å²) in [7, 11) is 0. The molecule has 0 bridgehead atoms. The van der Waals surface area contributed by atoms with Crippen LogP contribution in [0.5, 0.6) is 11.5 Å².